The molecule has 2 aliphatic rings. The molecule has 5 rings (SSSR count). The predicted molar refractivity (Wildman–Crippen MR) is 132 cm³/mol. The maximum Gasteiger partial charge on any atom is 0.309 e. The van der Waals surface area contributed by atoms with Crippen molar-refractivity contribution in [3.8, 4) is 0 Å². The van der Waals surface area contributed by atoms with Crippen LogP contribution in [-0.2, 0) is 63.4 Å². The summed E-state index contributed by atoms with van der Waals surface area (Å²) in [7, 11) is 0. The minimum atomic E-state index is -0.171. The van der Waals surface area contributed by atoms with Crippen molar-refractivity contribution >= 4 is 5.97 Å². The molecular formula is C30H32O5. The molecule has 1 fully saturated rings. The predicted octanol–water partition coefficient (Wildman–Crippen LogP) is 5.72. The van der Waals surface area contributed by atoms with Crippen LogP contribution in [0.1, 0.15) is 46.7 Å². The van der Waals surface area contributed by atoms with Crippen LogP contribution in [-0.4, -0.2) is 12.6 Å². The second-order valence-electron chi connectivity index (χ2n) is 9.80. The van der Waals surface area contributed by atoms with Gasteiger partial charge in [0.05, 0.1) is 45.6 Å². The van der Waals surface area contributed by atoms with E-state index in [4.69, 9.17) is 18.9 Å². The molecule has 0 amide bonds. The van der Waals surface area contributed by atoms with Gasteiger partial charge in [-0.05, 0) is 39.8 Å². The number of hydrogen-bond donors (Lipinski definition) is 0. The van der Waals surface area contributed by atoms with Crippen molar-refractivity contribution in [1.29, 1.82) is 0 Å². The van der Waals surface area contributed by atoms with Crippen molar-refractivity contribution in [2.45, 2.75) is 53.0 Å². The molecule has 1 aliphatic carbocycles. The zero-order valence-corrected chi connectivity index (χ0v) is 20.2. The number of ether oxygens (including phenoxy) is 4. The van der Waals surface area contributed by atoms with Gasteiger partial charge in [-0.2, -0.15) is 0 Å². The van der Waals surface area contributed by atoms with Gasteiger partial charge in [0, 0.05) is 5.41 Å². The molecule has 0 N–H and O–H groups in total. The van der Waals surface area contributed by atoms with Crippen molar-refractivity contribution in [3.05, 3.63) is 106 Å². The van der Waals surface area contributed by atoms with Crippen LogP contribution >= 0.6 is 0 Å². The Morgan fingerprint density at radius 1 is 0.600 bits per heavy atom. The minimum absolute atomic E-state index is 0.119. The third-order valence-corrected chi connectivity index (χ3v) is 7.08. The fourth-order valence-electron chi connectivity index (χ4n) is 4.64. The second kappa shape index (κ2) is 10.7. The first-order valence-electron chi connectivity index (χ1n) is 12.2. The van der Waals surface area contributed by atoms with Gasteiger partial charge >= 0.3 is 5.97 Å². The molecule has 1 heterocycles. The summed E-state index contributed by atoms with van der Waals surface area (Å²) in [6.07, 6.45) is 0.791. The number of benzene rings is 3. The molecule has 0 spiro atoms. The van der Waals surface area contributed by atoms with E-state index >= 15 is 0 Å². The molecule has 0 saturated heterocycles. The summed E-state index contributed by atoms with van der Waals surface area (Å²) in [5.74, 6) is -0.268. The van der Waals surface area contributed by atoms with Crippen LogP contribution in [0, 0.1) is 11.3 Å². The second-order valence-corrected chi connectivity index (χ2v) is 9.80. The fraction of sp³-hybridized carbons (Fsp3) is 0.367. The van der Waals surface area contributed by atoms with Crippen molar-refractivity contribution in [2.24, 2.45) is 11.3 Å². The number of hydrogen-bond acceptors (Lipinski definition) is 5. The highest BCUT2D eigenvalue weighted by atomic mass is 16.5. The summed E-state index contributed by atoms with van der Waals surface area (Å²) in [6, 6.07) is 24.4. The van der Waals surface area contributed by atoms with Gasteiger partial charge < -0.3 is 18.9 Å². The summed E-state index contributed by atoms with van der Waals surface area (Å²) >= 11 is 0. The SMILES string of the molecule is C[C@@]12COCc3ccccc3COCc3ccccc3COCc3ccccc3COC(=O)[C@@H]1C2. The first-order valence-corrected chi connectivity index (χ1v) is 12.2. The van der Waals surface area contributed by atoms with E-state index in [0.717, 1.165) is 39.8 Å². The lowest BCUT2D eigenvalue weighted by Gasteiger charge is -2.16. The smallest absolute Gasteiger partial charge is 0.309 e. The van der Waals surface area contributed by atoms with Gasteiger partial charge in [-0.25, -0.2) is 0 Å². The van der Waals surface area contributed by atoms with E-state index in [1.54, 1.807) is 0 Å². The van der Waals surface area contributed by atoms with Crippen LogP contribution in [0.15, 0.2) is 72.8 Å². The van der Waals surface area contributed by atoms with Crippen LogP contribution in [0.5, 0.6) is 0 Å². The number of carbonyl (C=O) groups excluding carboxylic acids is 1. The largest absolute Gasteiger partial charge is 0.461 e. The molecule has 2 atom stereocenters. The Balaban J connectivity index is 1.34. The Hall–Kier alpha value is -2.99. The van der Waals surface area contributed by atoms with Crippen LogP contribution in [0.25, 0.3) is 0 Å². The average Bonchev–Trinajstić information content (AvgIpc) is 3.56. The third kappa shape index (κ3) is 5.81. The zero-order valence-electron chi connectivity index (χ0n) is 20.2. The molecule has 1 saturated carbocycles. The molecule has 3 aromatic rings. The van der Waals surface area contributed by atoms with Gasteiger partial charge in [-0.3, -0.25) is 4.79 Å². The van der Waals surface area contributed by atoms with Crippen molar-refractivity contribution < 1.29 is 23.7 Å². The highest BCUT2D eigenvalue weighted by Crippen LogP contribution is 2.53. The molecule has 182 valence electrons. The third-order valence-electron chi connectivity index (χ3n) is 7.08. The number of esters is 1. The maximum atomic E-state index is 12.8. The summed E-state index contributed by atoms with van der Waals surface area (Å²) in [6.45, 7) is 5.33. The van der Waals surface area contributed by atoms with Gasteiger partial charge in [0.25, 0.3) is 0 Å². The first kappa shape index (κ1) is 23.7. The molecule has 0 unspecified atom stereocenters. The van der Waals surface area contributed by atoms with E-state index < -0.39 is 0 Å². The molecule has 1 aliphatic heterocycles. The van der Waals surface area contributed by atoms with Crippen LogP contribution in [0.2, 0.25) is 0 Å². The van der Waals surface area contributed by atoms with E-state index in [1.165, 1.54) is 0 Å². The van der Waals surface area contributed by atoms with Gasteiger partial charge in [0.2, 0.25) is 0 Å². The van der Waals surface area contributed by atoms with Gasteiger partial charge in [-0.15, -0.1) is 0 Å². The van der Waals surface area contributed by atoms with Gasteiger partial charge in [0.15, 0.2) is 0 Å². The lowest BCUT2D eigenvalue weighted by molar-refractivity contribution is -0.147. The van der Waals surface area contributed by atoms with Crippen LogP contribution < -0.4 is 0 Å². The van der Waals surface area contributed by atoms with E-state index in [1.807, 2.05) is 48.5 Å². The van der Waals surface area contributed by atoms with Crippen LogP contribution in [0.3, 0.4) is 0 Å². The number of carbonyl (C=O) groups is 1. The zero-order chi connectivity index (χ0) is 24.1. The monoisotopic (exact) mass is 472 g/mol. The molecular weight excluding hydrogens is 440 g/mol. The molecule has 0 bridgehead atoms. The molecule has 35 heavy (non-hydrogen) atoms. The highest BCUT2D eigenvalue weighted by Gasteiger charge is 2.55. The quantitative estimate of drug-likeness (QED) is 0.392. The lowest BCUT2D eigenvalue weighted by Crippen LogP contribution is -2.17. The Labute approximate surface area is 207 Å². The standard InChI is InChI=1S/C30H32O5/c1-30-14-28(30)29(31)35-20-27-13-7-6-11-25(27)18-33-16-23-9-3-2-8-22(23)15-32-17-24-10-4-5-12-26(24)19-34-21-30/h2-13,28H,14-21H2,1H3/t28-,30+/m0/s1. The van der Waals surface area contributed by atoms with Crippen molar-refractivity contribution in [3.63, 3.8) is 0 Å². The first-order chi connectivity index (χ1) is 17.1. The molecule has 5 nitrogen and oxygen atoms in total. The average molecular weight is 473 g/mol. The fourth-order valence-corrected chi connectivity index (χ4v) is 4.64. The summed E-state index contributed by atoms with van der Waals surface area (Å²) < 4.78 is 24.0. The molecule has 5 heteroatoms. The van der Waals surface area contributed by atoms with E-state index in [2.05, 4.69) is 31.2 Å². The maximum absolute atomic E-state index is 12.8. The summed E-state index contributed by atoms with van der Waals surface area (Å²) in [4.78, 5) is 12.8. The van der Waals surface area contributed by atoms with Crippen molar-refractivity contribution in [1.82, 2.24) is 0 Å². The highest BCUT2D eigenvalue weighted by molar-refractivity contribution is 5.76. The molecule has 0 aromatic heterocycles. The molecule has 3 aromatic carbocycles. The lowest BCUT2D eigenvalue weighted by atomic mass is 10.1. The van der Waals surface area contributed by atoms with E-state index in [-0.39, 0.29) is 23.9 Å². The summed E-state index contributed by atoms with van der Waals surface area (Å²) in [5, 5.41) is 0. The Morgan fingerprint density at radius 3 is 1.40 bits per heavy atom. The normalized spacial score (nSPS) is 23.6. The van der Waals surface area contributed by atoms with Gasteiger partial charge in [-0.1, -0.05) is 79.7 Å². The number of cyclic esters (lactones) is 1. The van der Waals surface area contributed by atoms with Crippen molar-refractivity contribution in [2.75, 3.05) is 6.61 Å². The van der Waals surface area contributed by atoms with E-state index in [0.29, 0.717) is 39.6 Å². The van der Waals surface area contributed by atoms with Crippen LogP contribution in [0.4, 0.5) is 0 Å². The summed E-state index contributed by atoms with van der Waals surface area (Å²) in [5.41, 5.74) is 6.28. The Bertz CT molecular complexity index is 1170. The van der Waals surface area contributed by atoms with E-state index in [9.17, 15) is 4.79 Å². The molecule has 0 radical (unpaired) electrons. The number of fused-ring (bicyclic) bond motifs is 4. The minimum Gasteiger partial charge on any atom is -0.461 e. The van der Waals surface area contributed by atoms with Gasteiger partial charge in [0.1, 0.15) is 6.61 Å². The number of rotatable bonds is 0. The topological polar surface area (TPSA) is 54.0 Å². The Kier molecular flexibility index (Phi) is 7.28. The Morgan fingerprint density at radius 2 is 0.971 bits per heavy atom.